The van der Waals surface area contributed by atoms with Crippen LogP contribution in [0.1, 0.15) is 5.56 Å². The highest BCUT2D eigenvalue weighted by atomic mass is 16.2. The van der Waals surface area contributed by atoms with Crippen LogP contribution >= 0.6 is 0 Å². The fourth-order valence-electron chi connectivity index (χ4n) is 3.58. The largest absolute Gasteiger partial charge is 0.339 e. The van der Waals surface area contributed by atoms with Crippen LogP contribution in [0.25, 0.3) is 17.1 Å². The molecule has 3 aromatic rings. The lowest BCUT2D eigenvalue weighted by atomic mass is 10.2. The van der Waals surface area contributed by atoms with Gasteiger partial charge in [0.15, 0.2) is 0 Å². The van der Waals surface area contributed by atoms with Crippen molar-refractivity contribution in [2.75, 3.05) is 32.7 Å². The third-order valence-corrected chi connectivity index (χ3v) is 5.17. The molecule has 6 nitrogen and oxygen atoms in total. The molecule has 1 aliphatic heterocycles. The van der Waals surface area contributed by atoms with Gasteiger partial charge in [0.25, 0.3) is 0 Å². The number of amides is 1. The summed E-state index contributed by atoms with van der Waals surface area (Å²) in [6.45, 7) is 4.02. The van der Waals surface area contributed by atoms with Crippen LogP contribution in [0.3, 0.4) is 0 Å². The third-order valence-electron chi connectivity index (χ3n) is 5.17. The molecule has 2 heterocycles. The van der Waals surface area contributed by atoms with Crippen LogP contribution in [0.2, 0.25) is 0 Å². The van der Waals surface area contributed by atoms with Crippen LogP contribution in [-0.2, 0) is 11.3 Å². The normalized spacial score (nSPS) is 15.5. The Balaban J connectivity index is 1.31. The zero-order chi connectivity index (χ0) is 19.3. The maximum atomic E-state index is 12.7. The number of aromatic nitrogens is 2. The fourth-order valence-corrected chi connectivity index (χ4v) is 3.58. The summed E-state index contributed by atoms with van der Waals surface area (Å²) in [5.41, 5.74) is 2.49. The van der Waals surface area contributed by atoms with Gasteiger partial charge in [-0.1, -0.05) is 54.6 Å². The second-order valence-electron chi connectivity index (χ2n) is 7.03. The molecule has 0 atom stereocenters. The van der Waals surface area contributed by atoms with E-state index in [2.05, 4.69) is 34.2 Å². The number of nitrogens with one attached hydrogen (secondary N) is 1. The van der Waals surface area contributed by atoms with Gasteiger partial charge in [-0.3, -0.25) is 14.3 Å². The van der Waals surface area contributed by atoms with Gasteiger partial charge >= 0.3 is 5.69 Å². The van der Waals surface area contributed by atoms with Crippen LogP contribution in [0.4, 0.5) is 0 Å². The van der Waals surface area contributed by atoms with Crippen molar-refractivity contribution in [3.63, 3.8) is 0 Å². The summed E-state index contributed by atoms with van der Waals surface area (Å²) in [6.07, 6.45) is 4.29. The SMILES string of the molecule is O=C(Cn1c(=O)[nH]c2ccccc21)N1CCN(C/C=C/c2ccccc2)CC1. The number of aromatic amines is 1. The fraction of sp³-hybridized carbons (Fsp3) is 0.273. The lowest BCUT2D eigenvalue weighted by Gasteiger charge is -2.34. The smallest absolute Gasteiger partial charge is 0.326 e. The number of para-hydroxylation sites is 2. The zero-order valence-corrected chi connectivity index (χ0v) is 15.8. The van der Waals surface area contributed by atoms with Gasteiger partial charge in [0.2, 0.25) is 5.91 Å². The summed E-state index contributed by atoms with van der Waals surface area (Å²) in [4.78, 5) is 31.8. The Labute approximate surface area is 163 Å². The standard InChI is InChI=1S/C22H24N4O2/c27-21(17-26-20-11-5-4-10-19(20)23-22(26)28)25-15-13-24(14-16-25)12-6-9-18-7-2-1-3-8-18/h1-11H,12-17H2,(H,23,28)/b9-6+. The van der Waals surface area contributed by atoms with E-state index in [1.54, 1.807) is 0 Å². The molecule has 2 aromatic carbocycles. The zero-order valence-electron chi connectivity index (χ0n) is 15.8. The van der Waals surface area contributed by atoms with Crippen LogP contribution < -0.4 is 5.69 Å². The summed E-state index contributed by atoms with van der Waals surface area (Å²) in [7, 11) is 0. The Kier molecular flexibility index (Phi) is 5.39. The summed E-state index contributed by atoms with van der Waals surface area (Å²) < 4.78 is 1.52. The van der Waals surface area contributed by atoms with Gasteiger partial charge < -0.3 is 9.88 Å². The predicted molar refractivity (Wildman–Crippen MR) is 111 cm³/mol. The number of rotatable bonds is 5. The van der Waals surface area contributed by atoms with E-state index < -0.39 is 0 Å². The molecule has 28 heavy (non-hydrogen) atoms. The molecule has 0 spiro atoms. The quantitative estimate of drug-likeness (QED) is 0.743. The summed E-state index contributed by atoms with van der Waals surface area (Å²) >= 11 is 0. The maximum Gasteiger partial charge on any atom is 0.326 e. The molecule has 1 amide bonds. The lowest BCUT2D eigenvalue weighted by Crippen LogP contribution is -2.49. The molecule has 144 valence electrons. The average Bonchev–Trinajstić information content (AvgIpc) is 3.04. The van der Waals surface area contributed by atoms with Crippen molar-refractivity contribution in [2.45, 2.75) is 6.54 Å². The molecule has 1 aliphatic rings. The molecule has 1 fully saturated rings. The number of carbonyl (C=O) groups is 1. The number of carbonyl (C=O) groups excluding carboxylic acids is 1. The molecular formula is C22H24N4O2. The van der Waals surface area contributed by atoms with E-state index in [0.29, 0.717) is 13.1 Å². The summed E-state index contributed by atoms with van der Waals surface area (Å²) in [5, 5.41) is 0. The molecular weight excluding hydrogens is 352 g/mol. The van der Waals surface area contributed by atoms with Gasteiger partial charge in [0, 0.05) is 32.7 Å². The number of hydrogen-bond donors (Lipinski definition) is 1. The van der Waals surface area contributed by atoms with Gasteiger partial charge in [-0.15, -0.1) is 0 Å². The number of imidazole rings is 1. The third kappa shape index (κ3) is 4.07. The van der Waals surface area contributed by atoms with Crippen molar-refractivity contribution in [2.24, 2.45) is 0 Å². The Bertz CT molecular complexity index is 1030. The average molecular weight is 376 g/mol. The Morgan fingerprint density at radius 2 is 1.68 bits per heavy atom. The Morgan fingerprint density at radius 1 is 0.964 bits per heavy atom. The first-order valence-electron chi connectivity index (χ1n) is 9.60. The van der Waals surface area contributed by atoms with Gasteiger partial charge in [-0.05, 0) is 17.7 Å². The topological polar surface area (TPSA) is 61.3 Å². The van der Waals surface area contributed by atoms with Crippen LogP contribution in [0.5, 0.6) is 0 Å². The minimum Gasteiger partial charge on any atom is -0.339 e. The summed E-state index contributed by atoms with van der Waals surface area (Å²) in [6, 6.07) is 17.7. The Hall–Kier alpha value is -3.12. The van der Waals surface area contributed by atoms with Crippen molar-refractivity contribution in [1.82, 2.24) is 19.4 Å². The molecule has 0 bridgehead atoms. The number of hydrogen-bond acceptors (Lipinski definition) is 3. The van der Waals surface area contributed by atoms with Crippen molar-refractivity contribution < 1.29 is 4.79 Å². The number of piperazine rings is 1. The lowest BCUT2D eigenvalue weighted by molar-refractivity contribution is -0.133. The minimum atomic E-state index is -0.237. The van der Waals surface area contributed by atoms with Gasteiger partial charge in [0.1, 0.15) is 6.54 Å². The molecule has 0 aliphatic carbocycles. The molecule has 1 saturated heterocycles. The highest BCUT2D eigenvalue weighted by molar-refractivity contribution is 5.80. The molecule has 4 rings (SSSR count). The van der Waals surface area contributed by atoms with Crippen LogP contribution in [-0.4, -0.2) is 58.0 Å². The molecule has 1 aromatic heterocycles. The van der Waals surface area contributed by atoms with E-state index in [0.717, 1.165) is 30.7 Å². The van der Waals surface area contributed by atoms with Gasteiger partial charge in [0.05, 0.1) is 11.0 Å². The monoisotopic (exact) mass is 376 g/mol. The van der Waals surface area contributed by atoms with E-state index in [4.69, 9.17) is 0 Å². The maximum absolute atomic E-state index is 12.7. The van der Waals surface area contributed by atoms with E-state index in [9.17, 15) is 9.59 Å². The molecule has 1 N–H and O–H groups in total. The highest BCUT2D eigenvalue weighted by Crippen LogP contribution is 2.10. The van der Waals surface area contributed by atoms with Crippen molar-refractivity contribution in [3.8, 4) is 0 Å². The van der Waals surface area contributed by atoms with Crippen molar-refractivity contribution >= 4 is 23.0 Å². The summed E-state index contributed by atoms with van der Waals surface area (Å²) in [5.74, 6) is -0.00803. The molecule has 6 heteroatoms. The minimum absolute atomic E-state index is 0.00803. The van der Waals surface area contributed by atoms with Crippen LogP contribution in [0, 0.1) is 0 Å². The van der Waals surface area contributed by atoms with Crippen LogP contribution in [0.15, 0.2) is 65.5 Å². The second kappa shape index (κ2) is 8.27. The van der Waals surface area contributed by atoms with E-state index in [-0.39, 0.29) is 18.1 Å². The molecule has 0 radical (unpaired) electrons. The van der Waals surface area contributed by atoms with Crippen molar-refractivity contribution in [1.29, 1.82) is 0 Å². The first-order valence-corrected chi connectivity index (χ1v) is 9.60. The Morgan fingerprint density at radius 3 is 2.46 bits per heavy atom. The number of benzene rings is 2. The number of H-pyrrole nitrogens is 1. The first kappa shape index (κ1) is 18.3. The number of nitrogens with zero attached hydrogens (tertiary/aromatic N) is 3. The molecule has 0 unspecified atom stereocenters. The van der Waals surface area contributed by atoms with Gasteiger partial charge in [-0.25, -0.2) is 4.79 Å². The van der Waals surface area contributed by atoms with E-state index >= 15 is 0 Å². The van der Waals surface area contributed by atoms with E-state index in [1.165, 1.54) is 10.1 Å². The predicted octanol–water partition coefficient (Wildman–Crippen LogP) is 2.19. The second-order valence-corrected chi connectivity index (χ2v) is 7.03. The van der Waals surface area contributed by atoms with Crippen molar-refractivity contribution in [3.05, 3.63) is 76.7 Å². The first-order chi connectivity index (χ1) is 13.7. The van der Waals surface area contributed by atoms with Gasteiger partial charge in [-0.2, -0.15) is 0 Å². The van der Waals surface area contributed by atoms with E-state index in [1.807, 2.05) is 47.4 Å². The molecule has 0 saturated carbocycles. The number of fused-ring (bicyclic) bond motifs is 1. The highest BCUT2D eigenvalue weighted by Gasteiger charge is 2.21.